The number of hydrogen-bond donors (Lipinski definition) is 2. The largest absolute Gasteiger partial charge is 0.497 e. The number of methoxy groups -OCH3 is 1. The number of rotatable bonds is 7. The van der Waals surface area contributed by atoms with E-state index >= 15 is 0 Å². The second-order valence-corrected chi connectivity index (χ2v) is 5.00. The molecule has 2 aromatic rings. The van der Waals surface area contributed by atoms with Gasteiger partial charge in [0.05, 0.1) is 26.4 Å². The molecule has 0 bridgehead atoms. The minimum absolute atomic E-state index is 0.0307. The van der Waals surface area contributed by atoms with Gasteiger partial charge in [-0.05, 0) is 28.1 Å². The minimum atomic E-state index is -0.644. The van der Waals surface area contributed by atoms with E-state index in [1.807, 2.05) is 18.2 Å². The Bertz CT molecular complexity index is 549. The van der Waals surface area contributed by atoms with Crippen LogP contribution in [0.4, 0.5) is 0 Å². The summed E-state index contributed by atoms with van der Waals surface area (Å²) >= 11 is 1.33. The molecule has 108 valence electrons. The number of aromatic nitrogens is 4. The Morgan fingerprint density at radius 3 is 3.05 bits per heavy atom. The number of ether oxygens (including phenoxy) is 1. The highest BCUT2D eigenvalue weighted by Crippen LogP contribution is 2.25. The van der Waals surface area contributed by atoms with Crippen molar-refractivity contribution < 1.29 is 14.9 Å². The second-order valence-electron chi connectivity index (χ2n) is 4.01. The SMILES string of the molecule is COc1cccc(C(O)CSc2nnnn2CCO)c1. The van der Waals surface area contributed by atoms with Crippen molar-refractivity contribution in [1.29, 1.82) is 0 Å². The van der Waals surface area contributed by atoms with Gasteiger partial charge in [0, 0.05) is 5.75 Å². The van der Waals surface area contributed by atoms with Crippen LogP contribution in [-0.2, 0) is 6.54 Å². The Balaban J connectivity index is 1.97. The summed E-state index contributed by atoms with van der Waals surface area (Å²) in [6, 6.07) is 7.29. The zero-order chi connectivity index (χ0) is 14.4. The van der Waals surface area contributed by atoms with Crippen molar-refractivity contribution in [2.45, 2.75) is 17.8 Å². The van der Waals surface area contributed by atoms with E-state index in [0.717, 1.165) is 5.56 Å². The third-order valence-corrected chi connectivity index (χ3v) is 3.69. The Kier molecular flexibility index (Phi) is 5.33. The van der Waals surface area contributed by atoms with Crippen LogP contribution >= 0.6 is 11.8 Å². The highest BCUT2D eigenvalue weighted by molar-refractivity contribution is 7.99. The molecule has 8 heteroatoms. The minimum Gasteiger partial charge on any atom is -0.497 e. The number of aliphatic hydroxyl groups excluding tert-OH is 2. The summed E-state index contributed by atoms with van der Waals surface area (Å²) in [6.45, 7) is 0.307. The van der Waals surface area contributed by atoms with Crippen LogP contribution in [0, 0.1) is 0 Å². The molecular weight excluding hydrogens is 280 g/mol. The van der Waals surface area contributed by atoms with Crippen LogP contribution in [0.3, 0.4) is 0 Å². The van der Waals surface area contributed by atoms with Crippen LogP contribution < -0.4 is 4.74 Å². The third kappa shape index (κ3) is 3.69. The molecule has 0 aliphatic heterocycles. The van der Waals surface area contributed by atoms with E-state index in [2.05, 4.69) is 15.5 Å². The molecule has 0 spiro atoms. The van der Waals surface area contributed by atoms with Gasteiger partial charge in [0.25, 0.3) is 0 Å². The van der Waals surface area contributed by atoms with E-state index in [-0.39, 0.29) is 6.61 Å². The maximum Gasteiger partial charge on any atom is 0.209 e. The summed E-state index contributed by atoms with van der Waals surface area (Å²) in [5.41, 5.74) is 0.776. The molecule has 0 fully saturated rings. The fraction of sp³-hybridized carbons (Fsp3) is 0.417. The number of aliphatic hydroxyl groups is 2. The zero-order valence-corrected chi connectivity index (χ0v) is 11.8. The summed E-state index contributed by atoms with van der Waals surface area (Å²) in [5, 5.41) is 30.8. The maximum absolute atomic E-state index is 10.2. The predicted octanol–water partition coefficient (Wildman–Crippen LogP) is 0.500. The first-order chi connectivity index (χ1) is 9.74. The molecule has 0 aliphatic rings. The number of hydrogen-bond acceptors (Lipinski definition) is 7. The lowest BCUT2D eigenvalue weighted by atomic mass is 10.1. The average Bonchev–Trinajstić information content (AvgIpc) is 2.92. The number of thioether (sulfide) groups is 1. The van der Waals surface area contributed by atoms with E-state index in [9.17, 15) is 5.11 Å². The average molecular weight is 296 g/mol. The van der Waals surface area contributed by atoms with Gasteiger partial charge in [-0.1, -0.05) is 23.9 Å². The van der Waals surface area contributed by atoms with Gasteiger partial charge in [-0.25, -0.2) is 4.68 Å². The van der Waals surface area contributed by atoms with E-state index in [1.165, 1.54) is 16.4 Å². The van der Waals surface area contributed by atoms with Gasteiger partial charge >= 0.3 is 0 Å². The van der Waals surface area contributed by atoms with Gasteiger partial charge in [0.1, 0.15) is 5.75 Å². The van der Waals surface area contributed by atoms with Crippen molar-refractivity contribution in [3.63, 3.8) is 0 Å². The highest BCUT2D eigenvalue weighted by Gasteiger charge is 2.12. The highest BCUT2D eigenvalue weighted by atomic mass is 32.2. The van der Waals surface area contributed by atoms with Crippen molar-refractivity contribution in [3.8, 4) is 5.75 Å². The van der Waals surface area contributed by atoms with E-state index in [1.54, 1.807) is 13.2 Å². The molecule has 1 heterocycles. The maximum atomic E-state index is 10.2. The molecule has 1 atom stereocenters. The lowest BCUT2D eigenvalue weighted by Gasteiger charge is -2.11. The predicted molar refractivity (Wildman–Crippen MR) is 73.6 cm³/mol. The number of nitrogens with zero attached hydrogens (tertiary/aromatic N) is 4. The molecule has 0 saturated heterocycles. The summed E-state index contributed by atoms with van der Waals surface area (Å²) in [4.78, 5) is 0. The molecule has 1 aromatic heterocycles. The molecule has 20 heavy (non-hydrogen) atoms. The van der Waals surface area contributed by atoms with Gasteiger partial charge in [-0.3, -0.25) is 0 Å². The Hall–Kier alpha value is -1.64. The van der Waals surface area contributed by atoms with Crippen LogP contribution in [0.15, 0.2) is 29.4 Å². The Labute approximate surface area is 120 Å². The molecule has 1 unspecified atom stereocenters. The molecule has 0 radical (unpaired) electrons. The molecular formula is C12H16N4O3S. The first-order valence-electron chi connectivity index (χ1n) is 6.06. The van der Waals surface area contributed by atoms with Crippen molar-refractivity contribution in [2.75, 3.05) is 19.5 Å². The first kappa shape index (κ1) is 14.8. The van der Waals surface area contributed by atoms with E-state index in [0.29, 0.717) is 23.2 Å². The normalized spacial score (nSPS) is 12.3. The quantitative estimate of drug-likeness (QED) is 0.719. The van der Waals surface area contributed by atoms with Crippen LogP contribution in [0.25, 0.3) is 0 Å². The van der Waals surface area contributed by atoms with Crippen LogP contribution in [-0.4, -0.2) is 49.9 Å². The van der Waals surface area contributed by atoms with E-state index in [4.69, 9.17) is 9.84 Å². The monoisotopic (exact) mass is 296 g/mol. The van der Waals surface area contributed by atoms with Crippen molar-refractivity contribution in [3.05, 3.63) is 29.8 Å². The molecule has 0 aliphatic carbocycles. The topological polar surface area (TPSA) is 93.3 Å². The summed E-state index contributed by atoms with van der Waals surface area (Å²) in [6.07, 6.45) is -0.644. The Morgan fingerprint density at radius 2 is 2.30 bits per heavy atom. The lowest BCUT2D eigenvalue weighted by Crippen LogP contribution is -2.07. The standard InChI is InChI=1S/C12H16N4O3S/c1-19-10-4-2-3-9(7-10)11(18)8-20-12-13-14-15-16(12)5-6-17/h2-4,7,11,17-18H,5-6,8H2,1H3. The van der Waals surface area contributed by atoms with Crippen molar-refractivity contribution in [2.24, 2.45) is 0 Å². The van der Waals surface area contributed by atoms with Crippen LogP contribution in [0.5, 0.6) is 5.75 Å². The molecule has 2 N–H and O–H groups in total. The fourth-order valence-electron chi connectivity index (χ4n) is 1.63. The fourth-order valence-corrected chi connectivity index (χ4v) is 2.50. The summed E-state index contributed by atoms with van der Waals surface area (Å²) in [5.74, 6) is 1.12. The molecule has 7 nitrogen and oxygen atoms in total. The van der Waals surface area contributed by atoms with Gasteiger partial charge < -0.3 is 14.9 Å². The second kappa shape index (κ2) is 7.22. The smallest absolute Gasteiger partial charge is 0.209 e. The molecule has 2 rings (SSSR count). The lowest BCUT2D eigenvalue weighted by molar-refractivity contribution is 0.203. The van der Waals surface area contributed by atoms with Gasteiger partial charge in [0.15, 0.2) is 0 Å². The number of tetrazole rings is 1. The van der Waals surface area contributed by atoms with Gasteiger partial charge in [-0.15, -0.1) is 5.10 Å². The summed E-state index contributed by atoms with van der Waals surface area (Å²) < 4.78 is 6.63. The van der Waals surface area contributed by atoms with Gasteiger partial charge in [-0.2, -0.15) is 0 Å². The Morgan fingerprint density at radius 1 is 1.45 bits per heavy atom. The van der Waals surface area contributed by atoms with Crippen LogP contribution in [0.2, 0.25) is 0 Å². The molecule has 0 amide bonds. The zero-order valence-electron chi connectivity index (χ0n) is 11.0. The first-order valence-corrected chi connectivity index (χ1v) is 7.05. The van der Waals surface area contributed by atoms with E-state index < -0.39 is 6.10 Å². The van der Waals surface area contributed by atoms with Gasteiger partial charge in [0.2, 0.25) is 5.16 Å². The van der Waals surface area contributed by atoms with Crippen molar-refractivity contribution in [1.82, 2.24) is 20.2 Å². The molecule has 1 aromatic carbocycles. The summed E-state index contributed by atoms with van der Waals surface area (Å²) in [7, 11) is 1.59. The van der Waals surface area contributed by atoms with Crippen molar-refractivity contribution >= 4 is 11.8 Å². The number of benzene rings is 1. The van der Waals surface area contributed by atoms with Crippen LogP contribution in [0.1, 0.15) is 11.7 Å². The molecule has 0 saturated carbocycles. The third-order valence-electron chi connectivity index (χ3n) is 2.66.